The van der Waals surface area contributed by atoms with Crippen molar-refractivity contribution in [2.24, 2.45) is 11.8 Å². The summed E-state index contributed by atoms with van der Waals surface area (Å²) in [4.78, 5) is 26.1. The number of carbonyl (C=O) groups excluding carboxylic acids is 1. The van der Waals surface area contributed by atoms with E-state index in [0.29, 0.717) is 40.6 Å². The molecule has 0 saturated carbocycles. The van der Waals surface area contributed by atoms with Gasteiger partial charge in [0.05, 0.1) is 11.2 Å². The Labute approximate surface area is 172 Å². The Morgan fingerprint density at radius 1 is 1.28 bits per heavy atom. The van der Waals surface area contributed by atoms with Crippen molar-refractivity contribution < 1.29 is 9.18 Å². The number of carbonyl (C=O) groups is 1. The fourth-order valence-electron chi connectivity index (χ4n) is 3.07. The van der Waals surface area contributed by atoms with Gasteiger partial charge in [-0.15, -0.1) is 0 Å². The van der Waals surface area contributed by atoms with Crippen LogP contribution in [0.1, 0.15) is 31.0 Å². The summed E-state index contributed by atoms with van der Waals surface area (Å²) in [5.74, 6) is 6.83. The lowest BCUT2D eigenvalue weighted by molar-refractivity contribution is -0.126. The van der Waals surface area contributed by atoms with E-state index >= 15 is 0 Å². The zero-order valence-corrected chi connectivity index (χ0v) is 17.6. The predicted molar refractivity (Wildman–Crippen MR) is 112 cm³/mol. The summed E-state index contributed by atoms with van der Waals surface area (Å²) in [6.07, 6.45) is 2.37. The molecule has 7 nitrogen and oxygen atoms in total. The highest BCUT2D eigenvalue weighted by molar-refractivity contribution is 7.10. The van der Waals surface area contributed by atoms with Crippen LogP contribution in [0.3, 0.4) is 0 Å². The van der Waals surface area contributed by atoms with Gasteiger partial charge in [-0.2, -0.15) is 4.39 Å². The molecule has 0 aliphatic carbocycles. The summed E-state index contributed by atoms with van der Waals surface area (Å²) in [7, 11) is 3.41. The molecule has 152 valence electrons. The van der Waals surface area contributed by atoms with Gasteiger partial charge in [0.25, 0.3) is 0 Å². The second kappa shape index (κ2) is 9.01. The van der Waals surface area contributed by atoms with Gasteiger partial charge < -0.3 is 15.2 Å². The summed E-state index contributed by atoms with van der Waals surface area (Å²) in [5, 5.41) is 5.47. The Kier molecular flexibility index (Phi) is 6.44. The molecule has 3 rings (SSSR count). The van der Waals surface area contributed by atoms with Gasteiger partial charge in [0.15, 0.2) is 22.1 Å². The molecule has 0 bridgehead atoms. The molecule has 3 aromatic heterocycles. The molecule has 0 aromatic carbocycles. The molecule has 9 heteroatoms. The number of fused-ring (bicyclic) bond motifs is 1. The van der Waals surface area contributed by atoms with E-state index in [9.17, 15) is 9.18 Å². The molecular formula is C20H23FN6OS. The van der Waals surface area contributed by atoms with E-state index in [0.717, 1.165) is 11.3 Å². The summed E-state index contributed by atoms with van der Waals surface area (Å²) < 4.78 is 15.1. The van der Waals surface area contributed by atoms with E-state index in [-0.39, 0.29) is 22.9 Å². The monoisotopic (exact) mass is 414 g/mol. The van der Waals surface area contributed by atoms with Crippen LogP contribution in [0.5, 0.6) is 0 Å². The van der Waals surface area contributed by atoms with Crippen LogP contribution in [-0.4, -0.2) is 39.5 Å². The second-order valence-corrected chi connectivity index (χ2v) is 7.90. The van der Waals surface area contributed by atoms with Crippen LogP contribution in [0.25, 0.3) is 11.2 Å². The Bertz CT molecular complexity index is 1080. The first-order valence-electron chi connectivity index (χ1n) is 9.32. The minimum absolute atomic E-state index is 0.0321. The Hall–Kier alpha value is -2.99. The fraction of sp³-hybridized carbons (Fsp3) is 0.400. The molecule has 1 atom stereocenters. The lowest BCUT2D eigenvalue weighted by Crippen LogP contribution is -2.31. The van der Waals surface area contributed by atoms with Crippen LogP contribution < -0.4 is 10.6 Å². The standard InChI is InChI=1S/C20H23FN6OS/c1-12(2)14(20(28)23-4)9-10-27-11-24-17-18(22-3)25-16(26-19(17)27)8-6-13-5-7-15(21)29-13/h5,7,11-12,14H,9-10H2,1-4H3,(H,23,28)(H,22,25,26). The molecule has 1 unspecified atom stereocenters. The van der Waals surface area contributed by atoms with Crippen molar-refractivity contribution in [3.63, 3.8) is 0 Å². The van der Waals surface area contributed by atoms with E-state index in [1.54, 1.807) is 26.5 Å². The number of nitrogens with zero attached hydrogens (tertiary/aromatic N) is 4. The van der Waals surface area contributed by atoms with E-state index in [2.05, 4.69) is 37.4 Å². The van der Waals surface area contributed by atoms with Gasteiger partial charge in [-0.25, -0.2) is 15.0 Å². The van der Waals surface area contributed by atoms with Gasteiger partial charge in [0.2, 0.25) is 11.7 Å². The molecule has 1 amide bonds. The molecule has 0 fully saturated rings. The average Bonchev–Trinajstić information content (AvgIpc) is 3.31. The highest BCUT2D eigenvalue weighted by atomic mass is 32.1. The summed E-state index contributed by atoms with van der Waals surface area (Å²) in [6.45, 7) is 4.67. The minimum Gasteiger partial charge on any atom is -0.371 e. The largest absolute Gasteiger partial charge is 0.371 e. The molecule has 0 spiro atoms. The molecule has 3 heterocycles. The number of thiophene rings is 1. The Morgan fingerprint density at radius 3 is 2.69 bits per heavy atom. The first-order chi connectivity index (χ1) is 13.9. The van der Waals surface area contributed by atoms with Crippen LogP contribution in [0.4, 0.5) is 10.2 Å². The first-order valence-corrected chi connectivity index (χ1v) is 10.1. The molecule has 0 aliphatic rings. The summed E-state index contributed by atoms with van der Waals surface area (Å²) >= 11 is 0.977. The van der Waals surface area contributed by atoms with Gasteiger partial charge in [-0.05, 0) is 36.3 Å². The zero-order valence-electron chi connectivity index (χ0n) is 16.8. The van der Waals surface area contributed by atoms with Crippen LogP contribution in [0.15, 0.2) is 18.5 Å². The number of nitrogens with one attached hydrogen (secondary N) is 2. The van der Waals surface area contributed by atoms with E-state index < -0.39 is 0 Å². The van der Waals surface area contributed by atoms with Crippen molar-refractivity contribution in [2.45, 2.75) is 26.8 Å². The molecular weight excluding hydrogens is 391 g/mol. The number of aryl methyl sites for hydroxylation is 1. The lowest BCUT2D eigenvalue weighted by Gasteiger charge is -2.19. The maximum absolute atomic E-state index is 13.1. The van der Waals surface area contributed by atoms with Gasteiger partial charge in [-0.3, -0.25) is 4.79 Å². The SMILES string of the molecule is CNC(=O)C(CCn1cnc2c(NC)nc(C#Cc3ccc(F)s3)nc21)C(C)C. The molecule has 0 radical (unpaired) electrons. The highest BCUT2D eigenvalue weighted by Gasteiger charge is 2.21. The maximum Gasteiger partial charge on any atom is 0.223 e. The quantitative estimate of drug-likeness (QED) is 0.606. The molecule has 0 saturated heterocycles. The Balaban J connectivity index is 1.91. The van der Waals surface area contributed by atoms with E-state index in [1.807, 2.05) is 18.4 Å². The highest BCUT2D eigenvalue weighted by Crippen LogP contribution is 2.21. The van der Waals surface area contributed by atoms with Crippen LogP contribution in [0.2, 0.25) is 0 Å². The predicted octanol–water partition coefficient (Wildman–Crippen LogP) is 2.88. The topological polar surface area (TPSA) is 84.7 Å². The van der Waals surface area contributed by atoms with Gasteiger partial charge in [0, 0.05) is 26.6 Å². The van der Waals surface area contributed by atoms with Crippen molar-refractivity contribution in [1.29, 1.82) is 0 Å². The minimum atomic E-state index is -0.282. The van der Waals surface area contributed by atoms with Gasteiger partial charge in [-0.1, -0.05) is 25.2 Å². The molecule has 0 aliphatic heterocycles. The van der Waals surface area contributed by atoms with Crippen LogP contribution >= 0.6 is 11.3 Å². The van der Waals surface area contributed by atoms with Gasteiger partial charge >= 0.3 is 0 Å². The Morgan fingerprint density at radius 2 is 2.07 bits per heavy atom. The third-order valence-electron chi connectivity index (χ3n) is 4.64. The summed E-state index contributed by atoms with van der Waals surface area (Å²) in [5.41, 5.74) is 1.28. The normalized spacial score (nSPS) is 11.9. The fourth-order valence-corrected chi connectivity index (χ4v) is 3.65. The third kappa shape index (κ3) is 4.71. The maximum atomic E-state index is 13.1. The zero-order chi connectivity index (χ0) is 21.0. The average molecular weight is 415 g/mol. The first kappa shape index (κ1) is 20.7. The second-order valence-electron chi connectivity index (χ2n) is 6.86. The van der Waals surface area contributed by atoms with Crippen molar-refractivity contribution in [1.82, 2.24) is 24.8 Å². The van der Waals surface area contributed by atoms with Crippen molar-refractivity contribution >= 4 is 34.2 Å². The lowest BCUT2D eigenvalue weighted by atomic mass is 9.91. The van der Waals surface area contributed by atoms with Crippen molar-refractivity contribution in [3.8, 4) is 11.8 Å². The molecule has 2 N–H and O–H groups in total. The third-order valence-corrected chi connectivity index (χ3v) is 5.43. The van der Waals surface area contributed by atoms with Crippen LogP contribution in [0, 0.1) is 28.8 Å². The van der Waals surface area contributed by atoms with Crippen LogP contribution in [-0.2, 0) is 11.3 Å². The van der Waals surface area contributed by atoms with Crippen molar-refractivity contribution in [2.75, 3.05) is 19.4 Å². The molecule has 3 aromatic rings. The number of halogens is 1. The van der Waals surface area contributed by atoms with E-state index in [4.69, 9.17) is 0 Å². The number of amides is 1. The number of hydrogen-bond acceptors (Lipinski definition) is 6. The smallest absolute Gasteiger partial charge is 0.223 e. The molecule has 29 heavy (non-hydrogen) atoms. The number of anilines is 1. The summed E-state index contributed by atoms with van der Waals surface area (Å²) in [6, 6.07) is 3.00. The van der Waals surface area contributed by atoms with Gasteiger partial charge in [0.1, 0.15) is 0 Å². The number of hydrogen-bond donors (Lipinski definition) is 2. The van der Waals surface area contributed by atoms with Crippen molar-refractivity contribution in [3.05, 3.63) is 34.3 Å². The number of aromatic nitrogens is 4. The number of rotatable bonds is 6. The number of imidazole rings is 1. The van der Waals surface area contributed by atoms with E-state index in [1.165, 1.54) is 6.07 Å².